The summed E-state index contributed by atoms with van der Waals surface area (Å²) in [4.78, 5) is 7.72. The second-order valence-corrected chi connectivity index (χ2v) is 8.25. The molecule has 156 valence electrons. The van der Waals surface area contributed by atoms with Crippen molar-refractivity contribution in [3.05, 3.63) is 54.6 Å². The summed E-state index contributed by atoms with van der Waals surface area (Å²) < 4.78 is 43.2. The van der Waals surface area contributed by atoms with Gasteiger partial charge >= 0.3 is 6.18 Å². The van der Waals surface area contributed by atoms with Crippen molar-refractivity contribution in [1.29, 1.82) is 0 Å². The van der Waals surface area contributed by atoms with Crippen LogP contribution in [0, 0.1) is 11.3 Å². The third kappa shape index (κ3) is 3.97. The normalized spacial score (nSPS) is 23.4. The highest BCUT2D eigenvalue weighted by Crippen LogP contribution is 2.54. The molecule has 3 atom stereocenters. The molecule has 0 fully saturated rings. The van der Waals surface area contributed by atoms with Gasteiger partial charge in [0.25, 0.3) is 0 Å². The molecule has 6 nitrogen and oxygen atoms in total. The third-order valence-electron chi connectivity index (χ3n) is 4.99. The summed E-state index contributed by atoms with van der Waals surface area (Å²) in [6.07, 6.45) is -2.66. The zero-order chi connectivity index (χ0) is 21.2. The van der Waals surface area contributed by atoms with Gasteiger partial charge in [-0.2, -0.15) is 18.3 Å². The van der Waals surface area contributed by atoms with Crippen molar-refractivity contribution in [2.45, 2.75) is 18.5 Å². The zero-order valence-corrected chi connectivity index (χ0v) is 19.2. The van der Waals surface area contributed by atoms with E-state index < -0.39 is 35.6 Å². The lowest BCUT2D eigenvalue weighted by Crippen LogP contribution is -2.57. The lowest BCUT2D eigenvalue weighted by Gasteiger charge is -2.44. The summed E-state index contributed by atoms with van der Waals surface area (Å²) in [6, 6.07) is 5.80. The standard InChI is InChI=1S/C18H17F3I2N4O2/c19-18(20,21)15-17(12(9-22)10-23,14(28)11-1-5-24-6-2-11)16(29)27(26-15)13-3-7-25-8-4-13/h1-8,12,14,16,28-29H,9-10H2. The van der Waals surface area contributed by atoms with Crippen molar-refractivity contribution in [3.8, 4) is 0 Å². The molecule has 0 spiro atoms. The Bertz CT molecular complexity index is 853. The van der Waals surface area contributed by atoms with Crippen LogP contribution in [0.3, 0.4) is 0 Å². The Kier molecular flexibility index (Phi) is 7.00. The first-order valence-electron chi connectivity index (χ1n) is 8.52. The van der Waals surface area contributed by atoms with E-state index in [1.165, 1.54) is 49.1 Å². The number of hydrogen-bond donors (Lipinski definition) is 2. The van der Waals surface area contributed by atoms with E-state index in [-0.39, 0.29) is 20.1 Å². The van der Waals surface area contributed by atoms with Crippen molar-refractivity contribution in [3.63, 3.8) is 0 Å². The fourth-order valence-corrected chi connectivity index (χ4v) is 6.86. The quantitative estimate of drug-likeness (QED) is 0.375. The van der Waals surface area contributed by atoms with Gasteiger partial charge in [-0.05, 0) is 35.7 Å². The van der Waals surface area contributed by atoms with Crippen molar-refractivity contribution < 1.29 is 23.4 Å². The van der Waals surface area contributed by atoms with E-state index in [1.807, 2.05) is 45.2 Å². The van der Waals surface area contributed by atoms with Crippen LogP contribution in [0.1, 0.15) is 11.7 Å². The minimum absolute atomic E-state index is 0.229. The van der Waals surface area contributed by atoms with E-state index in [9.17, 15) is 23.4 Å². The fraction of sp³-hybridized carbons (Fsp3) is 0.389. The van der Waals surface area contributed by atoms with Crippen LogP contribution in [0.2, 0.25) is 0 Å². The maximum Gasteiger partial charge on any atom is 0.432 e. The van der Waals surface area contributed by atoms with Gasteiger partial charge in [-0.1, -0.05) is 45.2 Å². The molecule has 0 saturated carbocycles. The first kappa shape index (κ1) is 22.6. The highest BCUT2D eigenvalue weighted by molar-refractivity contribution is 14.1. The maximum absolute atomic E-state index is 14.2. The van der Waals surface area contributed by atoms with Gasteiger partial charge in [0.05, 0.1) is 11.8 Å². The number of anilines is 1. The van der Waals surface area contributed by atoms with Crippen molar-refractivity contribution in [2.75, 3.05) is 13.9 Å². The van der Waals surface area contributed by atoms with E-state index in [4.69, 9.17) is 0 Å². The Balaban J connectivity index is 2.25. The molecule has 0 radical (unpaired) electrons. The van der Waals surface area contributed by atoms with Crippen LogP contribution in [-0.4, -0.2) is 47.2 Å². The fourth-order valence-electron chi connectivity index (χ4n) is 3.59. The van der Waals surface area contributed by atoms with Gasteiger partial charge < -0.3 is 10.2 Å². The number of aliphatic hydroxyl groups is 2. The molecule has 3 unspecified atom stereocenters. The van der Waals surface area contributed by atoms with Crippen LogP contribution >= 0.6 is 45.2 Å². The van der Waals surface area contributed by atoms with Gasteiger partial charge in [-0.15, -0.1) is 0 Å². The lowest BCUT2D eigenvalue weighted by molar-refractivity contribution is -0.0963. The van der Waals surface area contributed by atoms with Gasteiger partial charge in [0.1, 0.15) is 5.41 Å². The minimum Gasteiger partial charge on any atom is -0.387 e. The Hall–Kier alpha value is -1.06. The molecule has 3 heterocycles. The SMILES string of the molecule is OC(c1ccncc1)C1(C(CI)CI)C(C(F)(F)F)=NN(c2ccncc2)C1O. The smallest absolute Gasteiger partial charge is 0.387 e. The molecule has 2 N–H and O–H groups in total. The summed E-state index contributed by atoms with van der Waals surface area (Å²) in [7, 11) is 0. The monoisotopic (exact) mass is 632 g/mol. The number of pyridine rings is 2. The van der Waals surface area contributed by atoms with Gasteiger partial charge in [-0.25, -0.2) is 5.01 Å². The van der Waals surface area contributed by atoms with Crippen LogP contribution < -0.4 is 5.01 Å². The Morgan fingerprint density at radius 1 is 1.03 bits per heavy atom. The summed E-state index contributed by atoms with van der Waals surface area (Å²) in [6.45, 7) is 0. The Morgan fingerprint density at radius 3 is 2.03 bits per heavy atom. The number of aliphatic hydroxyl groups excluding tert-OH is 2. The molecule has 0 aliphatic carbocycles. The van der Waals surface area contributed by atoms with E-state index in [1.54, 1.807) is 0 Å². The zero-order valence-electron chi connectivity index (χ0n) is 14.8. The molecule has 2 aromatic rings. The van der Waals surface area contributed by atoms with E-state index >= 15 is 0 Å². The molecule has 1 aliphatic heterocycles. The van der Waals surface area contributed by atoms with Crippen molar-refractivity contribution in [2.24, 2.45) is 16.4 Å². The van der Waals surface area contributed by atoms with Crippen molar-refractivity contribution >= 4 is 56.6 Å². The second-order valence-electron chi connectivity index (χ2n) is 6.49. The Morgan fingerprint density at radius 2 is 1.55 bits per heavy atom. The number of hydrazone groups is 1. The van der Waals surface area contributed by atoms with Crippen LogP contribution in [-0.2, 0) is 0 Å². The molecule has 0 saturated heterocycles. The third-order valence-corrected chi connectivity index (χ3v) is 7.12. The number of rotatable bonds is 6. The number of hydrogen-bond acceptors (Lipinski definition) is 6. The number of alkyl halides is 5. The van der Waals surface area contributed by atoms with E-state index in [2.05, 4.69) is 15.1 Å². The van der Waals surface area contributed by atoms with Crippen LogP contribution in [0.25, 0.3) is 0 Å². The summed E-state index contributed by atoms with van der Waals surface area (Å²) >= 11 is 3.96. The average Bonchev–Trinajstić information content (AvgIpc) is 3.04. The van der Waals surface area contributed by atoms with Crippen LogP contribution in [0.5, 0.6) is 0 Å². The predicted octanol–water partition coefficient (Wildman–Crippen LogP) is 3.74. The highest BCUT2D eigenvalue weighted by Gasteiger charge is 2.66. The number of aromatic nitrogens is 2. The molecule has 0 bridgehead atoms. The first-order chi connectivity index (χ1) is 13.8. The molecule has 3 rings (SSSR count). The van der Waals surface area contributed by atoms with Gasteiger partial charge in [-0.3, -0.25) is 9.97 Å². The number of nitrogens with zero attached hydrogens (tertiary/aromatic N) is 4. The molecule has 1 aliphatic rings. The molecule has 0 aromatic carbocycles. The van der Waals surface area contributed by atoms with Gasteiger partial charge in [0.15, 0.2) is 11.9 Å². The molecular weight excluding hydrogens is 615 g/mol. The average molecular weight is 632 g/mol. The predicted molar refractivity (Wildman–Crippen MR) is 119 cm³/mol. The lowest BCUT2D eigenvalue weighted by atomic mass is 9.66. The topological polar surface area (TPSA) is 81.8 Å². The van der Waals surface area contributed by atoms with Crippen LogP contribution in [0.15, 0.2) is 54.2 Å². The number of halogens is 5. The van der Waals surface area contributed by atoms with Crippen LogP contribution in [0.4, 0.5) is 18.9 Å². The maximum atomic E-state index is 14.2. The molecule has 11 heteroatoms. The van der Waals surface area contributed by atoms with E-state index in [0.29, 0.717) is 0 Å². The minimum atomic E-state index is -4.85. The summed E-state index contributed by atoms with van der Waals surface area (Å²) in [5, 5.41) is 27.2. The molecule has 2 aromatic heterocycles. The largest absolute Gasteiger partial charge is 0.432 e. The molecule has 29 heavy (non-hydrogen) atoms. The second kappa shape index (κ2) is 8.98. The summed E-state index contributed by atoms with van der Waals surface area (Å²) in [5.41, 5.74) is -2.81. The summed E-state index contributed by atoms with van der Waals surface area (Å²) in [5.74, 6) is -0.714. The van der Waals surface area contributed by atoms with Gasteiger partial charge in [0.2, 0.25) is 0 Å². The molecular formula is C18H17F3I2N4O2. The highest BCUT2D eigenvalue weighted by atomic mass is 127. The van der Waals surface area contributed by atoms with E-state index in [0.717, 1.165) is 5.01 Å². The van der Waals surface area contributed by atoms with Crippen molar-refractivity contribution in [1.82, 2.24) is 9.97 Å². The van der Waals surface area contributed by atoms with Gasteiger partial charge in [0, 0.05) is 33.6 Å². The molecule has 0 amide bonds. The Labute approximate surface area is 192 Å². The first-order valence-corrected chi connectivity index (χ1v) is 11.6.